The van der Waals surface area contributed by atoms with Crippen LogP contribution in [0.5, 0.6) is 0 Å². The lowest BCUT2D eigenvalue weighted by Gasteiger charge is -2.27. The van der Waals surface area contributed by atoms with Crippen molar-refractivity contribution in [1.29, 1.82) is 0 Å². The quantitative estimate of drug-likeness (QED) is 0.709. The maximum absolute atomic E-state index is 10.6. The monoisotopic (exact) mass is 181 g/mol. The van der Waals surface area contributed by atoms with Gasteiger partial charge in [0.15, 0.2) is 5.69 Å². The maximum Gasteiger partial charge on any atom is 0.358 e. The lowest BCUT2D eigenvalue weighted by atomic mass is 9.93. The van der Waals surface area contributed by atoms with Crippen molar-refractivity contribution in [2.45, 2.75) is 25.3 Å². The summed E-state index contributed by atoms with van der Waals surface area (Å²) in [5, 5.41) is 8.70. The SMILES string of the molecule is Nc1c(C(=O)O)ncn1C1CCC1. The molecule has 2 rings (SSSR count). The van der Waals surface area contributed by atoms with E-state index in [9.17, 15) is 4.79 Å². The number of imidazole rings is 1. The largest absolute Gasteiger partial charge is 0.476 e. The number of hydrogen-bond acceptors (Lipinski definition) is 3. The third kappa shape index (κ3) is 1.16. The van der Waals surface area contributed by atoms with E-state index in [-0.39, 0.29) is 11.5 Å². The molecule has 1 heterocycles. The molecule has 1 aliphatic rings. The highest BCUT2D eigenvalue weighted by Crippen LogP contribution is 2.33. The number of hydrogen-bond donors (Lipinski definition) is 2. The molecule has 0 amide bonds. The van der Waals surface area contributed by atoms with E-state index in [0.29, 0.717) is 6.04 Å². The normalized spacial score (nSPS) is 16.9. The lowest BCUT2D eigenvalue weighted by Crippen LogP contribution is -2.18. The fraction of sp³-hybridized carbons (Fsp3) is 0.500. The molecular weight excluding hydrogens is 170 g/mol. The van der Waals surface area contributed by atoms with E-state index in [1.165, 1.54) is 12.7 Å². The van der Waals surface area contributed by atoms with Crippen LogP contribution in [0.1, 0.15) is 35.8 Å². The van der Waals surface area contributed by atoms with Gasteiger partial charge in [-0.25, -0.2) is 9.78 Å². The molecule has 3 N–H and O–H groups in total. The van der Waals surface area contributed by atoms with Gasteiger partial charge in [0, 0.05) is 6.04 Å². The zero-order valence-corrected chi connectivity index (χ0v) is 7.10. The molecule has 0 unspecified atom stereocenters. The Hall–Kier alpha value is -1.52. The highest BCUT2D eigenvalue weighted by atomic mass is 16.4. The van der Waals surface area contributed by atoms with Gasteiger partial charge in [0.2, 0.25) is 0 Å². The van der Waals surface area contributed by atoms with E-state index in [4.69, 9.17) is 10.8 Å². The highest BCUT2D eigenvalue weighted by Gasteiger charge is 2.24. The third-order valence-corrected chi connectivity index (χ3v) is 2.50. The van der Waals surface area contributed by atoms with Crippen molar-refractivity contribution < 1.29 is 9.90 Å². The second-order valence-electron chi connectivity index (χ2n) is 3.28. The van der Waals surface area contributed by atoms with E-state index < -0.39 is 5.97 Å². The number of nitrogens with zero attached hydrogens (tertiary/aromatic N) is 2. The number of nitrogen functional groups attached to an aromatic ring is 1. The molecule has 0 saturated heterocycles. The highest BCUT2D eigenvalue weighted by molar-refractivity contribution is 5.90. The zero-order valence-electron chi connectivity index (χ0n) is 7.10. The molecule has 5 heteroatoms. The standard InChI is InChI=1S/C8H11N3O2/c9-7-6(8(12)13)10-4-11(7)5-2-1-3-5/h4-5H,1-3,9H2,(H,12,13). The Morgan fingerprint density at radius 3 is 2.77 bits per heavy atom. The maximum atomic E-state index is 10.6. The molecule has 0 spiro atoms. The van der Waals surface area contributed by atoms with Gasteiger partial charge < -0.3 is 15.4 Å². The number of carboxylic acid groups (broad SMARTS) is 1. The Balaban J connectivity index is 2.32. The Labute approximate surface area is 75.2 Å². The zero-order chi connectivity index (χ0) is 9.42. The first-order valence-electron chi connectivity index (χ1n) is 4.25. The van der Waals surface area contributed by atoms with Crippen LogP contribution in [0.15, 0.2) is 6.33 Å². The Bertz CT molecular complexity index is 341. The van der Waals surface area contributed by atoms with E-state index in [1.807, 2.05) is 0 Å². The first-order valence-corrected chi connectivity index (χ1v) is 4.25. The summed E-state index contributed by atoms with van der Waals surface area (Å²) in [7, 11) is 0. The first kappa shape index (κ1) is 8.10. The molecule has 0 radical (unpaired) electrons. The molecule has 1 aromatic rings. The van der Waals surface area contributed by atoms with Gasteiger partial charge in [-0.05, 0) is 19.3 Å². The van der Waals surface area contributed by atoms with Crippen molar-refractivity contribution in [2.75, 3.05) is 5.73 Å². The number of anilines is 1. The van der Waals surface area contributed by atoms with Crippen molar-refractivity contribution in [3.8, 4) is 0 Å². The van der Waals surface area contributed by atoms with E-state index in [2.05, 4.69) is 4.98 Å². The van der Waals surface area contributed by atoms with Crippen molar-refractivity contribution in [2.24, 2.45) is 0 Å². The van der Waals surface area contributed by atoms with Crippen molar-refractivity contribution >= 4 is 11.8 Å². The molecular formula is C8H11N3O2. The Kier molecular flexibility index (Phi) is 1.72. The molecule has 1 saturated carbocycles. The Morgan fingerprint density at radius 2 is 2.38 bits per heavy atom. The number of carboxylic acids is 1. The fourth-order valence-corrected chi connectivity index (χ4v) is 1.49. The molecule has 1 aromatic heterocycles. The molecule has 0 atom stereocenters. The molecule has 1 aliphatic carbocycles. The van der Waals surface area contributed by atoms with Gasteiger partial charge in [-0.1, -0.05) is 0 Å². The predicted octanol–water partition coefficient (Wildman–Crippen LogP) is 0.888. The molecule has 0 aromatic carbocycles. The van der Waals surface area contributed by atoms with Crippen LogP contribution in [-0.2, 0) is 0 Å². The average molecular weight is 181 g/mol. The minimum Gasteiger partial charge on any atom is -0.476 e. The summed E-state index contributed by atoms with van der Waals surface area (Å²) in [4.78, 5) is 14.4. The summed E-state index contributed by atoms with van der Waals surface area (Å²) in [5.74, 6) is -0.784. The van der Waals surface area contributed by atoms with Crippen molar-refractivity contribution in [1.82, 2.24) is 9.55 Å². The van der Waals surface area contributed by atoms with Crippen molar-refractivity contribution in [3.63, 3.8) is 0 Å². The van der Waals surface area contributed by atoms with Gasteiger partial charge in [-0.15, -0.1) is 0 Å². The molecule has 0 bridgehead atoms. The summed E-state index contributed by atoms with van der Waals surface area (Å²) < 4.78 is 1.76. The van der Waals surface area contributed by atoms with Gasteiger partial charge in [-0.2, -0.15) is 0 Å². The van der Waals surface area contributed by atoms with E-state index in [0.717, 1.165) is 12.8 Å². The summed E-state index contributed by atoms with van der Waals surface area (Å²) in [6, 6.07) is 0.362. The van der Waals surface area contributed by atoms with Gasteiger partial charge in [-0.3, -0.25) is 0 Å². The first-order chi connectivity index (χ1) is 6.20. The molecule has 13 heavy (non-hydrogen) atoms. The smallest absolute Gasteiger partial charge is 0.358 e. The number of nitrogens with two attached hydrogens (primary N) is 1. The summed E-state index contributed by atoms with van der Waals surface area (Å²) in [6.07, 6.45) is 4.84. The molecule has 70 valence electrons. The van der Waals surface area contributed by atoms with Crippen LogP contribution in [0.4, 0.5) is 5.82 Å². The second kappa shape index (κ2) is 2.76. The van der Waals surface area contributed by atoms with Crippen LogP contribution in [-0.4, -0.2) is 20.6 Å². The van der Waals surface area contributed by atoms with Gasteiger partial charge in [0.1, 0.15) is 5.82 Å². The van der Waals surface area contributed by atoms with Gasteiger partial charge >= 0.3 is 5.97 Å². The predicted molar refractivity (Wildman–Crippen MR) is 46.5 cm³/mol. The second-order valence-corrected chi connectivity index (χ2v) is 3.28. The van der Waals surface area contributed by atoms with Crippen LogP contribution in [0.3, 0.4) is 0 Å². The number of rotatable bonds is 2. The van der Waals surface area contributed by atoms with Gasteiger partial charge in [0.05, 0.1) is 6.33 Å². The third-order valence-electron chi connectivity index (χ3n) is 2.50. The van der Waals surface area contributed by atoms with Crippen LogP contribution >= 0.6 is 0 Å². The fourth-order valence-electron chi connectivity index (χ4n) is 1.49. The summed E-state index contributed by atoms with van der Waals surface area (Å²) >= 11 is 0. The van der Waals surface area contributed by atoms with E-state index >= 15 is 0 Å². The molecule has 1 fully saturated rings. The van der Waals surface area contributed by atoms with E-state index in [1.54, 1.807) is 4.57 Å². The lowest BCUT2D eigenvalue weighted by molar-refractivity contribution is 0.0692. The molecule has 0 aliphatic heterocycles. The molecule has 5 nitrogen and oxygen atoms in total. The average Bonchev–Trinajstić information content (AvgIpc) is 2.29. The van der Waals surface area contributed by atoms with Crippen LogP contribution in [0, 0.1) is 0 Å². The minimum absolute atomic E-state index is 0.0353. The van der Waals surface area contributed by atoms with Crippen LogP contribution < -0.4 is 5.73 Å². The summed E-state index contributed by atoms with van der Waals surface area (Å²) in [5.41, 5.74) is 5.60. The Morgan fingerprint density at radius 1 is 1.69 bits per heavy atom. The minimum atomic E-state index is -1.06. The summed E-state index contributed by atoms with van der Waals surface area (Å²) in [6.45, 7) is 0. The van der Waals surface area contributed by atoms with Crippen LogP contribution in [0.2, 0.25) is 0 Å². The van der Waals surface area contributed by atoms with Gasteiger partial charge in [0.25, 0.3) is 0 Å². The topological polar surface area (TPSA) is 81.1 Å². The van der Waals surface area contributed by atoms with Crippen molar-refractivity contribution in [3.05, 3.63) is 12.0 Å². The van der Waals surface area contributed by atoms with Crippen LogP contribution in [0.25, 0.3) is 0 Å². The number of carbonyl (C=O) groups is 1. The number of aromatic nitrogens is 2. The number of aromatic carboxylic acids is 1.